The molecule has 8 atom stereocenters. The standard InChI is InChI=1S/C51H77N5O15S4/c1-36(59)56-41-43(62)42(61)38(32-58)71-44(41)70-29-27-65-21-19-55-46(63)50(5,48(2,3)33-51(6,47(64)54-18-20-57)74-45(72)37-12-8-7-9-13-37)34-49(4,35-52)16-15-40(60)69-28-26-67-23-22-66-24-25-68-30-31-73-75-39-14-10-11-17-53-39/h7-14,17,38,41-44,57-58,61-62H,15-16,18-34H2,1-6H3,(H,54,64)(H,55,63)(H,56,59)/t38-,41-,42-,43+,44-,49?,50?,51?/m1/s1. The van der Waals surface area contributed by atoms with Crippen LogP contribution >= 0.6 is 45.6 Å². The molecule has 420 valence electrons. The minimum atomic E-state index is -1.48. The summed E-state index contributed by atoms with van der Waals surface area (Å²) in [5, 5.41) is 60.1. The summed E-state index contributed by atoms with van der Waals surface area (Å²) >= 11 is 7.01. The van der Waals surface area contributed by atoms with Gasteiger partial charge < -0.3 is 69.5 Å². The first-order chi connectivity index (χ1) is 35.7. The van der Waals surface area contributed by atoms with Crippen molar-refractivity contribution in [3.05, 3.63) is 60.3 Å². The molecule has 1 fully saturated rings. The fourth-order valence-corrected chi connectivity index (χ4v) is 11.8. The molecule has 1 aliphatic rings. The van der Waals surface area contributed by atoms with Crippen molar-refractivity contribution in [1.82, 2.24) is 20.9 Å². The second kappa shape index (κ2) is 34.4. The van der Waals surface area contributed by atoms with E-state index in [0.717, 1.165) is 16.3 Å². The number of aliphatic hydroxyl groups is 4. The van der Waals surface area contributed by atoms with Gasteiger partial charge in [-0.15, -0.1) is 0 Å². The number of aromatic nitrogens is 1. The predicted molar refractivity (Wildman–Crippen MR) is 289 cm³/mol. The summed E-state index contributed by atoms with van der Waals surface area (Å²) in [6.07, 6.45) is -3.60. The Morgan fingerprint density at radius 3 is 2.05 bits per heavy atom. The van der Waals surface area contributed by atoms with Crippen LogP contribution in [-0.4, -0.2) is 187 Å². The van der Waals surface area contributed by atoms with Crippen molar-refractivity contribution in [3.8, 4) is 6.07 Å². The van der Waals surface area contributed by atoms with Crippen molar-refractivity contribution in [2.75, 3.05) is 98.1 Å². The summed E-state index contributed by atoms with van der Waals surface area (Å²) in [5.74, 6) is -1.08. The minimum Gasteiger partial charge on any atom is -0.463 e. The Hall–Kier alpha value is -3.52. The summed E-state index contributed by atoms with van der Waals surface area (Å²) < 4.78 is 38.4. The van der Waals surface area contributed by atoms with E-state index in [1.54, 1.807) is 48.6 Å². The first kappa shape index (κ1) is 65.8. The Morgan fingerprint density at radius 1 is 0.800 bits per heavy atom. The van der Waals surface area contributed by atoms with Crippen LogP contribution in [0.25, 0.3) is 0 Å². The van der Waals surface area contributed by atoms with E-state index in [1.165, 1.54) is 18.7 Å². The first-order valence-electron chi connectivity index (χ1n) is 24.8. The van der Waals surface area contributed by atoms with Gasteiger partial charge in [0, 0.05) is 38.4 Å². The maximum Gasteiger partial charge on any atom is 0.305 e. The summed E-state index contributed by atoms with van der Waals surface area (Å²) in [6.45, 7) is 11.3. The van der Waals surface area contributed by atoms with E-state index in [1.807, 2.05) is 62.4 Å². The van der Waals surface area contributed by atoms with Crippen LogP contribution in [0.5, 0.6) is 0 Å². The number of thiocarbonyl (C=S) groups is 1. The lowest BCUT2D eigenvalue weighted by Gasteiger charge is -2.49. The third-order valence-electron chi connectivity index (χ3n) is 12.5. The third-order valence-corrected chi connectivity index (χ3v) is 16.4. The fraction of sp³-hybridized carbons (Fsp3) is 0.667. The van der Waals surface area contributed by atoms with E-state index < -0.39 is 81.9 Å². The van der Waals surface area contributed by atoms with Crippen LogP contribution in [0.2, 0.25) is 0 Å². The van der Waals surface area contributed by atoms with Crippen LogP contribution in [0.1, 0.15) is 72.8 Å². The first-order valence-corrected chi connectivity index (χ1v) is 28.3. The van der Waals surface area contributed by atoms with Crippen molar-refractivity contribution < 1.29 is 72.8 Å². The molecule has 1 aliphatic heterocycles. The molecule has 1 aromatic heterocycles. The highest BCUT2D eigenvalue weighted by Gasteiger charge is 2.55. The maximum atomic E-state index is 14.7. The lowest BCUT2D eigenvalue weighted by Crippen LogP contribution is -2.64. The molecule has 0 saturated carbocycles. The van der Waals surface area contributed by atoms with Gasteiger partial charge in [-0.25, -0.2) is 4.98 Å². The minimum absolute atomic E-state index is 0.00982. The average molecular weight is 1130 g/mol. The van der Waals surface area contributed by atoms with Gasteiger partial charge in [0.2, 0.25) is 17.7 Å². The van der Waals surface area contributed by atoms with Crippen molar-refractivity contribution in [2.45, 2.75) is 108 Å². The van der Waals surface area contributed by atoms with E-state index >= 15 is 0 Å². The Kier molecular flexibility index (Phi) is 30.1. The number of amides is 3. The average Bonchev–Trinajstić information content (AvgIpc) is 3.38. The normalized spacial score (nSPS) is 20.1. The van der Waals surface area contributed by atoms with Gasteiger partial charge in [0.15, 0.2) is 6.29 Å². The van der Waals surface area contributed by atoms with Gasteiger partial charge in [-0.2, -0.15) is 5.26 Å². The molecule has 2 heterocycles. The quantitative estimate of drug-likeness (QED) is 0.0220. The van der Waals surface area contributed by atoms with Gasteiger partial charge in [0.25, 0.3) is 0 Å². The number of benzene rings is 1. The van der Waals surface area contributed by atoms with Gasteiger partial charge in [0.05, 0.1) is 98.5 Å². The van der Waals surface area contributed by atoms with E-state index in [2.05, 4.69) is 27.0 Å². The molecule has 1 aromatic carbocycles. The number of pyridine rings is 1. The highest BCUT2D eigenvalue weighted by Crippen LogP contribution is 2.54. The molecule has 24 heteroatoms. The Labute approximate surface area is 458 Å². The number of esters is 1. The lowest BCUT2D eigenvalue weighted by molar-refractivity contribution is -0.272. The zero-order valence-corrected chi connectivity index (χ0v) is 47.1. The fourth-order valence-electron chi connectivity index (χ4n) is 8.15. The van der Waals surface area contributed by atoms with E-state index in [0.29, 0.717) is 30.6 Å². The van der Waals surface area contributed by atoms with Crippen molar-refractivity contribution in [1.29, 1.82) is 5.26 Å². The lowest BCUT2D eigenvalue weighted by atomic mass is 9.56. The molecule has 2 aromatic rings. The summed E-state index contributed by atoms with van der Waals surface area (Å²) in [4.78, 5) is 57.9. The zero-order chi connectivity index (χ0) is 55.3. The van der Waals surface area contributed by atoms with Gasteiger partial charge in [0.1, 0.15) is 36.0 Å². The number of ether oxygens (including phenoxy) is 7. The van der Waals surface area contributed by atoms with Crippen LogP contribution in [0.15, 0.2) is 59.8 Å². The smallest absolute Gasteiger partial charge is 0.305 e. The highest BCUT2D eigenvalue weighted by molar-refractivity contribution is 8.76. The number of nitriles is 1. The number of carbonyl (C=O) groups excluding carboxylic acids is 4. The monoisotopic (exact) mass is 1130 g/mol. The van der Waals surface area contributed by atoms with Gasteiger partial charge in [-0.3, -0.25) is 19.2 Å². The van der Waals surface area contributed by atoms with Crippen LogP contribution in [-0.2, 0) is 52.3 Å². The highest BCUT2D eigenvalue weighted by atomic mass is 33.1. The number of nitrogens with one attached hydrogen (secondary N) is 3. The summed E-state index contributed by atoms with van der Waals surface area (Å²) in [7, 11) is 3.26. The molecular formula is C51H77N5O15S4. The van der Waals surface area contributed by atoms with Crippen molar-refractivity contribution >= 4 is 73.5 Å². The maximum absolute atomic E-state index is 14.7. The molecule has 3 amide bonds. The third kappa shape index (κ3) is 22.8. The Balaban J connectivity index is 1.61. The molecule has 0 aliphatic carbocycles. The van der Waals surface area contributed by atoms with E-state index in [9.17, 15) is 44.9 Å². The number of nitrogens with zero attached hydrogens (tertiary/aromatic N) is 2. The number of hydrogen-bond acceptors (Lipinski definition) is 21. The molecule has 3 rings (SSSR count). The molecule has 0 spiro atoms. The molecule has 0 bridgehead atoms. The number of rotatable bonds is 37. The Morgan fingerprint density at radius 2 is 1.43 bits per heavy atom. The molecule has 20 nitrogen and oxygen atoms in total. The summed E-state index contributed by atoms with van der Waals surface area (Å²) in [5.41, 5.74) is -2.96. The topological polar surface area (TPSA) is 287 Å². The van der Waals surface area contributed by atoms with Crippen molar-refractivity contribution in [2.24, 2.45) is 16.2 Å². The number of carbonyl (C=O) groups is 4. The largest absolute Gasteiger partial charge is 0.463 e. The van der Waals surface area contributed by atoms with Crippen LogP contribution in [0, 0.1) is 27.6 Å². The number of hydrogen-bond donors (Lipinski definition) is 7. The van der Waals surface area contributed by atoms with E-state index in [4.69, 9.17) is 45.4 Å². The Bertz CT molecular complexity index is 2080. The predicted octanol–water partition coefficient (Wildman–Crippen LogP) is 3.61. The molecule has 7 N–H and O–H groups in total. The molecule has 0 radical (unpaired) electrons. The second-order valence-electron chi connectivity index (χ2n) is 19.0. The molecule has 3 unspecified atom stereocenters. The molecule has 1 saturated heterocycles. The van der Waals surface area contributed by atoms with Crippen LogP contribution in [0.4, 0.5) is 0 Å². The zero-order valence-electron chi connectivity index (χ0n) is 43.8. The summed E-state index contributed by atoms with van der Waals surface area (Å²) in [6, 6.07) is 16.2. The van der Waals surface area contributed by atoms with Crippen molar-refractivity contribution in [3.63, 3.8) is 0 Å². The van der Waals surface area contributed by atoms with Gasteiger partial charge >= 0.3 is 5.97 Å². The van der Waals surface area contributed by atoms with E-state index in [-0.39, 0.29) is 85.0 Å². The van der Waals surface area contributed by atoms with Gasteiger partial charge in [-0.1, -0.05) is 91.9 Å². The SMILES string of the molecule is CC(=O)N[C@H]1[C@H](OCCOCCNC(=O)C(C)(CC(C)(C#N)CCC(=O)OCCOCCOCCOCCSSc2ccccn2)C(C)(C)CC(C)(SC(=S)c2ccccc2)C(=O)NCCO)O[C@H](CO)[C@@H](O)[C@H]1O. The number of thioether (sulfide) groups is 1. The van der Waals surface area contributed by atoms with Crippen LogP contribution in [0.3, 0.4) is 0 Å². The molecular weight excluding hydrogens is 1050 g/mol. The van der Waals surface area contributed by atoms with Gasteiger partial charge in [-0.05, 0) is 67.0 Å². The second-order valence-corrected chi connectivity index (χ2v) is 23.6. The van der Waals surface area contributed by atoms with Crippen LogP contribution < -0.4 is 16.0 Å². The number of aliphatic hydroxyl groups excluding tert-OH is 4. The molecule has 75 heavy (non-hydrogen) atoms.